The van der Waals surface area contributed by atoms with Gasteiger partial charge in [0.25, 0.3) is 0 Å². The Morgan fingerprint density at radius 3 is 1.39 bits per heavy atom. The first-order chi connectivity index (χ1) is 14.7. The third-order valence-electron chi connectivity index (χ3n) is 5.08. The summed E-state index contributed by atoms with van der Waals surface area (Å²) in [6.07, 6.45) is 11.9. The van der Waals surface area contributed by atoms with E-state index < -0.39 is 42.3 Å². The van der Waals surface area contributed by atoms with Crippen molar-refractivity contribution >= 4 is 23.9 Å². The third-order valence-corrected chi connectivity index (χ3v) is 5.08. The first-order valence-electron chi connectivity index (χ1n) is 11.2. The van der Waals surface area contributed by atoms with Crippen LogP contribution in [0.4, 0.5) is 0 Å². The molecule has 0 fully saturated rings. The van der Waals surface area contributed by atoms with Crippen LogP contribution in [0.3, 0.4) is 0 Å². The van der Waals surface area contributed by atoms with E-state index >= 15 is 0 Å². The standard InChI is InChI=1S/C22H38O9/c23-18(24)14-12-10-8-6-4-2-1-3-5-7-9-11-13-15-31-20(27)17-22(30,21(28)29)16-19(25)26/h30H,1-17H2,(H,23,24)(H,25,26)(H,28,29). The number of carbonyl (C=O) groups excluding carboxylic acids is 1. The van der Waals surface area contributed by atoms with Crippen molar-refractivity contribution in [3.05, 3.63) is 0 Å². The zero-order valence-electron chi connectivity index (χ0n) is 18.4. The molecule has 0 aromatic carbocycles. The van der Waals surface area contributed by atoms with Crippen LogP contribution in [0.2, 0.25) is 0 Å². The Morgan fingerprint density at radius 1 is 0.581 bits per heavy atom. The molecule has 0 aliphatic heterocycles. The van der Waals surface area contributed by atoms with Crippen LogP contribution < -0.4 is 0 Å². The van der Waals surface area contributed by atoms with E-state index in [1.165, 1.54) is 32.1 Å². The lowest BCUT2D eigenvalue weighted by Gasteiger charge is -2.20. The van der Waals surface area contributed by atoms with Gasteiger partial charge in [-0.3, -0.25) is 14.4 Å². The number of aliphatic carboxylic acids is 3. The lowest BCUT2D eigenvalue weighted by molar-refractivity contribution is -0.172. The number of carbonyl (C=O) groups is 4. The predicted octanol–water partition coefficient (Wildman–Crippen LogP) is 3.76. The van der Waals surface area contributed by atoms with Crippen molar-refractivity contribution in [2.45, 2.75) is 108 Å². The van der Waals surface area contributed by atoms with Gasteiger partial charge in [0.1, 0.15) is 0 Å². The van der Waals surface area contributed by atoms with E-state index in [9.17, 15) is 24.3 Å². The minimum atomic E-state index is -2.65. The molecule has 0 aliphatic rings. The maximum Gasteiger partial charge on any atom is 0.336 e. The summed E-state index contributed by atoms with van der Waals surface area (Å²) < 4.78 is 4.90. The van der Waals surface area contributed by atoms with Crippen molar-refractivity contribution < 1.29 is 44.3 Å². The molecule has 1 atom stereocenters. The van der Waals surface area contributed by atoms with Gasteiger partial charge in [0.05, 0.1) is 19.4 Å². The molecular weight excluding hydrogens is 408 g/mol. The highest BCUT2D eigenvalue weighted by Crippen LogP contribution is 2.17. The number of hydrogen-bond donors (Lipinski definition) is 4. The van der Waals surface area contributed by atoms with Crippen LogP contribution in [0, 0.1) is 0 Å². The monoisotopic (exact) mass is 446 g/mol. The smallest absolute Gasteiger partial charge is 0.336 e. The number of ether oxygens (including phenoxy) is 1. The molecule has 4 N–H and O–H groups in total. The highest BCUT2D eigenvalue weighted by molar-refractivity contribution is 5.88. The summed E-state index contributed by atoms with van der Waals surface area (Å²) in [6.45, 7) is 0.119. The SMILES string of the molecule is O=C(O)CCCCCCCCCCCCCCCOC(=O)CC(O)(CC(=O)O)C(=O)O. The second kappa shape index (κ2) is 17.5. The quantitative estimate of drug-likeness (QED) is 0.152. The van der Waals surface area contributed by atoms with Crippen molar-refractivity contribution in [2.75, 3.05) is 6.61 Å². The van der Waals surface area contributed by atoms with E-state index in [4.69, 9.17) is 20.1 Å². The second-order valence-electron chi connectivity index (χ2n) is 8.04. The van der Waals surface area contributed by atoms with E-state index in [2.05, 4.69) is 0 Å². The first kappa shape index (κ1) is 28.8. The van der Waals surface area contributed by atoms with E-state index in [1.807, 2.05) is 0 Å². The molecular formula is C22H38O9. The summed E-state index contributed by atoms with van der Waals surface area (Å²) in [6, 6.07) is 0. The Morgan fingerprint density at radius 2 is 1.00 bits per heavy atom. The first-order valence-corrected chi connectivity index (χ1v) is 11.2. The maximum absolute atomic E-state index is 11.6. The van der Waals surface area contributed by atoms with E-state index in [0.717, 1.165) is 44.9 Å². The molecule has 31 heavy (non-hydrogen) atoms. The zero-order chi connectivity index (χ0) is 23.5. The minimum absolute atomic E-state index is 0.119. The van der Waals surface area contributed by atoms with Crippen LogP contribution in [0.15, 0.2) is 0 Å². The Labute approximate surface area is 183 Å². The van der Waals surface area contributed by atoms with Gasteiger partial charge >= 0.3 is 23.9 Å². The molecule has 0 rings (SSSR count). The van der Waals surface area contributed by atoms with Crippen LogP contribution in [-0.4, -0.2) is 56.5 Å². The fourth-order valence-electron chi connectivity index (χ4n) is 3.26. The molecule has 9 nitrogen and oxygen atoms in total. The molecule has 0 aromatic rings. The molecule has 0 saturated heterocycles. The van der Waals surface area contributed by atoms with Gasteiger partial charge in [-0.15, -0.1) is 0 Å². The topological polar surface area (TPSA) is 158 Å². The van der Waals surface area contributed by atoms with Crippen molar-refractivity contribution in [3.63, 3.8) is 0 Å². The number of unbranched alkanes of at least 4 members (excludes halogenated alkanes) is 12. The number of carboxylic acids is 3. The van der Waals surface area contributed by atoms with Gasteiger partial charge < -0.3 is 25.2 Å². The summed E-state index contributed by atoms with van der Waals surface area (Å²) in [7, 11) is 0. The van der Waals surface area contributed by atoms with Crippen molar-refractivity contribution in [3.8, 4) is 0 Å². The van der Waals surface area contributed by atoms with E-state index in [0.29, 0.717) is 6.42 Å². The van der Waals surface area contributed by atoms with Crippen molar-refractivity contribution in [1.29, 1.82) is 0 Å². The number of esters is 1. The van der Waals surface area contributed by atoms with Crippen LogP contribution in [0.1, 0.15) is 103 Å². The lowest BCUT2D eigenvalue weighted by atomic mass is 9.96. The number of carboxylic acid groups (broad SMARTS) is 3. The van der Waals surface area contributed by atoms with Gasteiger partial charge in [0.15, 0.2) is 5.60 Å². The van der Waals surface area contributed by atoms with Gasteiger partial charge in [-0.25, -0.2) is 4.79 Å². The lowest BCUT2D eigenvalue weighted by Crippen LogP contribution is -2.43. The van der Waals surface area contributed by atoms with Gasteiger partial charge in [-0.2, -0.15) is 0 Å². The van der Waals surface area contributed by atoms with Crippen LogP contribution in [-0.2, 0) is 23.9 Å². The molecule has 0 aliphatic carbocycles. The van der Waals surface area contributed by atoms with Crippen molar-refractivity contribution in [2.24, 2.45) is 0 Å². The fraction of sp³-hybridized carbons (Fsp3) is 0.818. The average Bonchev–Trinajstić information content (AvgIpc) is 2.66. The molecule has 0 saturated carbocycles. The average molecular weight is 447 g/mol. The van der Waals surface area contributed by atoms with Gasteiger partial charge in [0.2, 0.25) is 0 Å². The largest absolute Gasteiger partial charge is 0.481 e. The highest BCUT2D eigenvalue weighted by atomic mass is 16.5. The Kier molecular flexibility index (Phi) is 16.3. The fourth-order valence-corrected chi connectivity index (χ4v) is 3.26. The molecule has 0 bridgehead atoms. The summed E-state index contributed by atoms with van der Waals surface area (Å²) in [5, 5.41) is 35.9. The summed E-state index contributed by atoms with van der Waals surface area (Å²) in [5.41, 5.74) is -2.65. The van der Waals surface area contributed by atoms with Crippen LogP contribution in [0.25, 0.3) is 0 Å². The molecule has 0 spiro atoms. The molecule has 0 amide bonds. The van der Waals surface area contributed by atoms with Crippen LogP contribution >= 0.6 is 0 Å². The Balaban J connectivity index is 3.51. The minimum Gasteiger partial charge on any atom is -0.481 e. The molecule has 180 valence electrons. The van der Waals surface area contributed by atoms with Gasteiger partial charge in [0, 0.05) is 6.42 Å². The molecule has 9 heteroatoms. The van der Waals surface area contributed by atoms with Gasteiger partial charge in [-0.1, -0.05) is 70.6 Å². The molecule has 0 aromatic heterocycles. The summed E-state index contributed by atoms with van der Waals surface area (Å²) >= 11 is 0. The zero-order valence-corrected chi connectivity index (χ0v) is 18.4. The normalized spacial score (nSPS) is 12.8. The maximum atomic E-state index is 11.6. The Hall–Kier alpha value is -2.16. The summed E-state index contributed by atoms with van der Waals surface area (Å²) in [4.78, 5) is 43.7. The van der Waals surface area contributed by atoms with Crippen LogP contribution in [0.5, 0.6) is 0 Å². The number of hydrogen-bond acceptors (Lipinski definition) is 6. The Bertz CT molecular complexity index is 547. The van der Waals surface area contributed by atoms with E-state index in [-0.39, 0.29) is 13.0 Å². The summed E-state index contributed by atoms with van der Waals surface area (Å²) in [5.74, 6) is -4.91. The predicted molar refractivity (Wildman–Crippen MR) is 113 cm³/mol. The number of aliphatic hydroxyl groups is 1. The second-order valence-corrected chi connectivity index (χ2v) is 8.04. The molecule has 1 unspecified atom stereocenters. The number of rotatable bonds is 21. The molecule has 0 radical (unpaired) electrons. The third kappa shape index (κ3) is 17.2. The highest BCUT2D eigenvalue weighted by Gasteiger charge is 2.41. The van der Waals surface area contributed by atoms with Crippen molar-refractivity contribution in [1.82, 2.24) is 0 Å². The molecule has 0 heterocycles. The van der Waals surface area contributed by atoms with E-state index in [1.54, 1.807) is 0 Å². The van der Waals surface area contributed by atoms with Gasteiger partial charge in [-0.05, 0) is 12.8 Å².